The minimum Gasteiger partial charge on any atom is -0.298 e. The van der Waals surface area contributed by atoms with E-state index in [2.05, 4.69) is 42.1 Å². The highest BCUT2D eigenvalue weighted by molar-refractivity contribution is 7.92. The van der Waals surface area contributed by atoms with Crippen LogP contribution in [0.4, 0.5) is 5.69 Å². The van der Waals surface area contributed by atoms with Crippen LogP contribution in [0.2, 0.25) is 0 Å². The molecule has 8 nitrogen and oxygen atoms in total. The number of H-pyrrole nitrogens is 2. The van der Waals surface area contributed by atoms with Crippen molar-refractivity contribution < 1.29 is 8.42 Å². The third kappa shape index (κ3) is 4.26. The lowest BCUT2D eigenvalue weighted by Gasteiger charge is -2.32. The topological polar surface area (TPSA) is 107 Å². The summed E-state index contributed by atoms with van der Waals surface area (Å²) < 4.78 is 25.8. The lowest BCUT2D eigenvalue weighted by Crippen LogP contribution is -2.34. The molecule has 9 heteroatoms. The maximum Gasteiger partial charge on any atom is 0.229 e. The number of aromatic nitrogens is 4. The minimum atomic E-state index is -3.34. The first-order chi connectivity index (χ1) is 13.5. The fraction of sp³-hybridized carbons (Fsp3) is 0.368. The summed E-state index contributed by atoms with van der Waals surface area (Å²) in [6, 6.07) is 10.2. The van der Waals surface area contributed by atoms with Gasteiger partial charge in [-0.3, -0.25) is 19.8 Å². The lowest BCUT2D eigenvalue weighted by molar-refractivity contribution is 0.199. The molecule has 1 fully saturated rings. The van der Waals surface area contributed by atoms with E-state index in [0.717, 1.165) is 61.2 Å². The van der Waals surface area contributed by atoms with Crippen LogP contribution in [0.25, 0.3) is 11.3 Å². The highest BCUT2D eigenvalue weighted by atomic mass is 32.2. The molecule has 3 aromatic rings. The van der Waals surface area contributed by atoms with Crippen LogP contribution in [0.15, 0.2) is 42.7 Å². The van der Waals surface area contributed by atoms with E-state index in [4.69, 9.17) is 0 Å². The molecular weight excluding hydrogens is 376 g/mol. The van der Waals surface area contributed by atoms with Crippen molar-refractivity contribution in [2.45, 2.75) is 25.3 Å². The molecule has 1 aliphatic heterocycles. The van der Waals surface area contributed by atoms with Gasteiger partial charge in [-0.05, 0) is 24.9 Å². The van der Waals surface area contributed by atoms with Crippen LogP contribution >= 0.6 is 0 Å². The van der Waals surface area contributed by atoms with Crippen LogP contribution in [0, 0.1) is 0 Å². The summed E-state index contributed by atoms with van der Waals surface area (Å²) in [6.45, 7) is 2.62. The summed E-state index contributed by atoms with van der Waals surface area (Å²) in [6.07, 6.45) is 6.62. The number of nitrogens with zero attached hydrogens (tertiary/aromatic N) is 3. The Bertz CT molecular complexity index is 1030. The number of anilines is 1. The van der Waals surface area contributed by atoms with Gasteiger partial charge in [-0.1, -0.05) is 30.3 Å². The van der Waals surface area contributed by atoms with Crippen LogP contribution in [0.3, 0.4) is 0 Å². The van der Waals surface area contributed by atoms with Gasteiger partial charge in [-0.15, -0.1) is 0 Å². The summed E-state index contributed by atoms with van der Waals surface area (Å²) in [7, 11) is -3.34. The molecule has 4 rings (SSSR count). The van der Waals surface area contributed by atoms with E-state index in [1.54, 1.807) is 6.20 Å². The number of sulfonamides is 1. The maximum absolute atomic E-state index is 11.6. The molecule has 1 saturated heterocycles. The van der Waals surface area contributed by atoms with E-state index >= 15 is 0 Å². The first-order valence-electron chi connectivity index (χ1n) is 9.30. The van der Waals surface area contributed by atoms with Crippen molar-refractivity contribution in [3.05, 3.63) is 54.0 Å². The average molecular weight is 401 g/mol. The van der Waals surface area contributed by atoms with Gasteiger partial charge in [0.05, 0.1) is 35.7 Å². The standard InChI is InChI=1S/C19H24N6O2S/c1-28(26,27)24-17-11-21-23-19(17)15-8-5-9-25(12-15)13-16-10-20-22-18(16)14-6-3-2-4-7-14/h2-4,6-7,10-11,15,24H,5,8-9,12-13H2,1H3,(H,20,22)(H,21,23)/t15-/m0/s1. The molecule has 1 aromatic carbocycles. The van der Waals surface area contributed by atoms with Gasteiger partial charge in [0.15, 0.2) is 0 Å². The third-order valence-electron chi connectivity index (χ3n) is 5.05. The van der Waals surface area contributed by atoms with Crippen molar-refractivity contribution in [1.82, 2.24) is 25.3 Å². The van der Waals surface area contributed by atoms with E-state index in [0.29, 0.717) is 5.69 Å². The van der Waals surface area contributed by atoms with Gasteiger partial charge in [0.2, 0.25) is 10.0 Å². The molecule has 3 N–H and O–H groups in total. The van der Waals surface area contributed by atoms with Gasteiger partial charge in [0.25, 0.3) is 0 Å². The molecule has 0 bridgehead atoms. The molecule has 148 valence electrons. The molecule has 1 aliphatic rings. The van der Waals surface area contributed by atoms with Crippen molar-refractivity contribution in [3.8, 4) is 11.3 Å². The Morgan fingerprint density at radius 1 is 1.18 bits per heavy atom. The zero-order valence-electron chi connectivity index (χ0n) is 15.7. The maximum atomic E-state index is 11.6. The second-order valence-electron chi connectivity index (χ2n) is 7.28. The molecule has 0 radical (unpaired) electrons. The Morgan fingerprint density at radius 3 is 2.75 bits per heavy atom. The first-order valence-corrected chi connectivity index (χ1v) is 11.2. The van der Waals surface area contributed by atoms with Gasteiger partial charge in [0, 0.05) is 24.6 Å². The zero-order chi connectivity index (χ0) is 19.6. The lowest BCUT2D eigenvalue weighted by atomic mass is 9.93. The normalized spacial score (nSPS) is 18.2. The molecule has 0 amide bonds. The predicted octanol–water partition coefficient (Wildman–Crippen LogP) is 2.55. The first kappa shape index (κ1) is 18.7. The predicted molar refractivity (Wildman–Crippen MR) is 108 cm³/mol. The molecule has 0 unspecified atom stereocenters. The van der Waals surface area contributed by atoms with E-state index in [-0.39, 0.29) is 5.92 Å². The van der Waals surface area contributed by atoms with Crippen molar-refractivity contribution in [2.75, 3.05) is 24.1 Å². The van der Waals surface area contributed by atoms with Crippen molar-refractivity contribution in [1.29, 1.82) is 0 Å². The Morgan fingerprint density at radius 2 is 1.96 bits per heavy atom. The third-order valence-corrected chi connectivity index (χ3v) is 5.64. The minimum absolute atomic E-state index is 0.201. The molecule has 0 spiro atoms. The fourth-order valence-corrected chi connectivity index (χ4v) is 4.41. The number of rotatable bonds is 6. The fourth-order valence-electron chi connectivity index (χ4n) is 3.85. The molecule has 2 aromatic heterocycles. The van der Waals surface area contributed by atoms with Crippen molar-refractivity contribution in [3.63, 3.8) is 0 Å². The Hall–Kier alpha value is -2.65. The number of hydrogen-bond acceptors (Lipinski definition) is 5. The van der Waals surface area contributed by atoms with E-state index in [1.807, 2.05) is 24.4 Å². The van der Waals surface area contributed by atoms with E-state index < -0.39 is 10.0 Å². The van der Waals surface area contributed by atoms with Crippen LogP contribution in [-0.4, -0.2) is 53.1 Å². The van der Waals surface area contributed by atoms with Crippen molar-refractivity contribution in [2.24, 2.45) is 0 Å². The number of benzene rings is 1. The van der Waals surface area contributed by atoms with Crippen LogP contribution in [-0.2, 0) is 16.6 Å². The zero-order valence-corrected chi connectivity index (χ0v) is 16.5. The molecule has 1 atom stereocenters. The van der Waals surface area contributed by atoms with Crippen LogP contribution in [0.1, 0.15) is 30.0 Å². The summed E-state index contributed by atoms with van der Waals surface area (Å²) in [5.74, 6) is 0.201. The number of aromatic amines is 2. The summed E-state index contributed by atoms with van der Waals surface area (Å²) >= 11 is 0. The number of piperidine rings is 1. The number of nitrogens with one attached hydrogen (secondary N) is 3. The average Bonchev–Trinajstić information content (AvgIpc) is 3.31. The van der Waals surface area contributed by atoms with Gasteiger partial charge >= 0.3 is 0 Å². The quantitative estimate of drug-likeness (QED) is 0.589. The van der Waals surface area contributed by atoms with Gasteiger partial charge < -0.3 is 0 Å². The van der Waals surface area contributed by atoms with Crippen LogP contribution < -0.4 is 4.72 Å². The molecule has 0 saturated carbocycles. The second kappa shape index (κ2) is 7.76. The highest BCUT2D eigenvalue weighted by Crippen LogP contribution is 2.32. The largest absolute Gasteiger partial charge is 0.298 e. The van der Waals surface area contributed by atoms with Crippen molar-refractivity contribution >= 4 is 15.7 Å². The SMILES string of the molecule is CS(=O)(=O)Nc1cn[nH]c1[C@H]1CCCN(Cc2cn[nH]c2-c2ccccc2)C1. The number of hydrogen-bond donors (Lipinski definition) is 3. The van der Waals surface area contributed by atoms with Gasteiger partial charge in [0.1, 0.15) is 0 Å². The van der Waals surface area contributed by atoms with E-state index in [1.165, 1.54) is 0 Å². The molecule has 28 heavy (non-hydrogen) atoms. The molecule has 3 heterocycles. The smallest absolute Gasteiger partial charge is 0.229 e. The Balaban J connectivity index is 1.49. The summed E-state index contributed by atoms with van der Waals surface area (Å²) in [5, 5.41) is 14.4. The monoisotopic (exact) mass is 400 g/mol. The molecular formula is C19H24N6O2S. The summed E-state index contributed by atoms with van der Waals surface area (Å²) in [4.78, 5) is 2.39. The second-order valence-corrected chi connectivity index (χ2v) is 9.03. The number of likely N-dealkylation sites (tertiary alicyclic amines) is 1. The molecule has 0 aliphatic carbocycles. The highest BCUT2D eigenvalue weighted by Gasteiger charge is 2.26. The van der Waals surface area contributed by atoms with Gasteiger partial charge in [-0.2, -0.15) is 10.2 Å². The Kier molecular flexibility index (Phi) is 5.19. The van der Waals surface area contributed by atoms with E-state index in [9.17, 15) is 8.42 Å². The van der Waals surface area contributed by atoms with Gasteiger partial charge in [-0.25, -0.2) is 8.42 Å². The Labute approximate surface area is 164 Å². The summed E-state index contributed by atoms with van der Waals surface area (Å²) in [5.41, 5.74) is 4.72. The van der Waals surface area contributed by atoms with Crippen LogP contribution in [0.5, 0.6) is 0 Å².